The average Bonchev–Trinajstić information content (AvgIpc) is 0.795. The Morgan fingerprint density at radius 3 is 1.13 bits per heavy atom. The number of nitrogens with zero attached hydrogens (tertiary/aromatic N) is 5. The third kappa shape index (κ3) is 19.7. The Kier molecular flexibility index (Phi) is 18.4. The van der Waals surface area contributed by atoms with Crippen molar-refractivity contribution in [2.24, 2.45) is 46.6 Å². The lowest BCUT2D eigenvalue weighted by molar-refractivity contribution is -0.661. The van der Waals surface area contributed by atoms with Gasteiger partial charge in [-0.15, -0.1) is 0 Å². The summed E-state index contributed by atoms with van der Waals surface area (Å²) >= 11 is 0. The molecule has 0 aliphatic rings. The highest BCUT2D eigenvalue weighted by Crippen LogP contribution is 2.27. The van der Waals surface area contributed by atoms with E-state index in [1.165, 1.54) is 36.1 Å². The predicted octanol–water partition coefficient (Wildman–Crippen LogP) is 18.0. The van der Waals surface area contributed by atoms with Gasteiger partial charge in [-0.1, -0.05) is 160 Å². The molecule has 0 N–H and O–H groups in total. The van der Waals surface area contributed by atoms with Crippen molar-refractivity contribution in [2.45, 2.75) is 135 Å². The van der Waals surface area contributed by atoms with Crippen molar-refractivity contribution in [3.05, 3.63) is 269 Å². The first-order valence-electron chi connectivity index (χ1n) is 37.0. The van der Waals surface area contributed by atoms with E-state index in [9.17, 15) is 0 Å². The zero-order valence-corrected chi connectivity index (χ0v) is 55.0. The van der Waals surface area contributed by atoms with E-state index in [1.807, 2.05) is 265 Å². The topological polar surface area (TPSA) is 19.4 Å². The lowest BCUT2D eigenvalue weighted by atomic mass is 9.88. The van der Waals surface area contributed by atoms with Gasteiger partial charge in [0.05, 0.1) is 0 Å². The first kappa shape index (κ1) is 49.9. The number of pyridine rings is 5. The Balaban J connectivity index is 0.000000199. The van der Waals surface area contributed by atoms with Crippen LogP contribution in [0.25, 0.3) is 56.3 Å². The van der Waals surface area contributed by atoms with Gasteiger partial charge in [0, 0.05) is 107 Å². The third-order valence-electron chi connectivity index (χ3n) is 15.0. The van der Waals surface area contributed by atoms with Crippen molar-refractivity contribution in [1.29, 1.82) is 0 Å². The highest BCUT2D eigenvalue weighted by molar-refractivity contribution is 5.64. The number of hydrogen-bond donors (Lipinski definition) is 0. The van der Waals surface area contributed by atoms with Gasteiger partial charge in [0.1, 0.15) is 35.2 Å². The molecule has 452 valence electrons. The summed E-state index contributed by atoms with van der Waals surface area (Å²) in [6, 6.07) is 59.3. The number of aromatic nitrogens is 5. The molecule has 0 aliphatic carbocycles. The molecule has 0 aliphatic heterocycles. The van der Waals surface area contributed by atoms with Crippen LogP contribution in [-0.2, 0) is 54.4 Å². The van der Waals surface area contributed by atoms with Gasteiger partial charge in [-0.2, -0.15) is 0 Å². The van der Waals surface area contributed by atoms with E-state index in [0.717, 1.165) is 73.0 Å². The van der Waals surface area contributed by atoms with Crippen molar-refractivity contribution in [3.8, 4) is 56.3 Å². The van der Waals surface area contributed by atoms with Gasteiger partial charge in [-0.25, -0.2) is 22.8 Å². The van der Waals surface area contributed by atoms with E-state index in [0.29, 0.717) is 16.7 Å². The molecule has 0 fully saturated rings. The molecular formula is C82H104N5+5. The second kappa shape index (κ2) is 32.0. The SMILES string of the molecule is [2H]C([2H])(C)c1cc[n+](C)c(-c2ccccc2C)c1.[2H]C([2H])([2H])C([2H])(C)c1cc[n+](C)c(-c2ccccc2C)c1.[2H]C([2H])([2H])C([2H])(C)c1ccc(-c2ccccc2C)[n+](C)c1.[2H]C([2H])(c1cc[n+](C)c(-c2ccccc2C)c1)C(C)C.[2H]C([2H])(c1ccc(-c2ccccc2C)[n+](C)c1)C(C)(C)C. The smallest absolute Gasteiger partial charge is 0.201 e. The second-order valence-electron chi connectivity index (χ2n) is 23.8. The van der Waals surface area contributed by atoms with Gasteiger partial charge in [0.25, 0.3) is 0 Å². The Labute approximate surface area is 546 Å². The molecule has 5 aromatic heterocycles. The summed E-state index contributed by atoms with van der Waals surface area (Å²) in [7, 11) is 9.75. The van der Waals surface area contributed by atoms with E-state index >= 15 is 0 Å². The lowest BCUT2D eigenvalue weighted by Crippen LogP contribution is -2.32. The zero-order chi connectivity index (χ0) is 75.8. The normalized spacial score (nSPS) is 15.5. The van der Waals surface area contributed by atoms with Gasteiger partial charge < -0.3 is 0 Å². The van der Waals surface area contributed by atoms with E-state index in [2.05, 4.69) is 57.2 Å². The van der Waals surface area contributed by atoms with Gasteiger partial charge >= 0.3 is 0 Å². The van der Waals surface area contributed by atoms with Crippen LogP contribution in [0.2, 0.25) is 0 Å². The molecule has 10 rings (SSSR count). The standard InChI is InChI=1S/C18H24N.C17H22N.2C16H20N.C15H18N/c1-14-8-6-7-9-16(14)17-11-10-15(13-19(17)5)12-18(2,3)4;1-13(2)11-15-9-10-18(4)17(12-15)16-8-6-5-7-14(16)3;1-12(2)14-9-10-17(4)16(11-14)15-8-6-5-7-13(15)3;1-12(2)14-9-10-16(17(4)11-14)15-8-6-5-7-13(15)3;1-4-13-9-10-16(3)15(11-13)14-8-6-5-7-12(14)2/h6-11,13H,12H2,1-5H3;5-10,12-13H,11H2,1-4H3;2*5-12H,1-4H3;5-11H,4H2,1-3H3/q5*+1/i12D2;11D2;2*1D3,12D;4D2. The summed E-state index contributed by atoms with van der Waals surface area (Å²) in [6.45, 7) is 19.7. The molecule has 0 spiro atoms. The van der Waals surface area contributed by atoms with Gasteiger partial charge in [-0.3, -0.25) is 0 Å². The molecule has 5 nitrogen and oxygen atoms in total. The summed E-state index contributed by atoms with van der Waals surface area (Å²) in [5, 5.41) is 0. The molecule has 5 aromatic carbocycles. The van der Waals surface area contributed by atoms with Crippen LogP contribution in [0.4, 0.5) is 0 Å². The van der Waals surface area contributed by atoms with Crippen molar-refractivity contribution in [1.82, 2.24) is 0 Å². The number of benzene rings is 5. The summed E-state index contributed by atoms with van der Waals surface area (Å²) in [4.78, 5) is 0. The molecule has 10 aromatic rings. The summed E-state index contributed by atoms with van der Waals surface area (Å²) in [5.74, 6) is -3.30. The van der Waals surface area contributed by atoms with E-state index in [1.54, 1.807) is 25.3 Å². The quantitative estimate of drug-likeness (QED) is 0.115. The number of aryl methyl sites for hydroxylation is 11. The molecule has 0 bridgehead atoms. The first-order valence-corrected chi connectivity index (χ1v) is 30.0. The third-order valence-corrected chi connectivity index (χ3v) is 15.0. The molecule has 87 heavy (non-hydrogen) atoms. The van der Waals surface area contributed by atoms with Crippen LogP contribution in [0.1, 0.15) is 156 Å². The molecular weight excluding hydrogens is 1050 g/mol. The Morgan fingerprint density at radius 1 is 0.391 bits per heavy atom. The zero-order valence-electron chi connectivity index (χ0n) is 69.0. The summed E-state index contributed by atoms with van der Waals surface area (Å²) < 4.78 is 121. The fourth-order valence-corrected chi connectivity index (χ4v) is 10.1. The lowest BCUT2D eigenvalue weighted by Gasteiger charge is -2.17. The average molecular weight is 1170 g/mol. The Hall–Kier alpha value is -8.15. The maximum absolute atomic E-state index is 8.39. The van der Waals surface area contributed by atoms with Crippen molar-refractivity contribution < 1.29 is 42.0 Å². The highest BCUT2D eigenvalue weighted by atomic mass is 14.9. The van der Waals surface area contributed by atoms with Crippen molar-refractivity contribution in [2.75, 3.05) is 0 Å². The summed E-state index contributed by atoms with van der Waals surface area (Å²) in [6.07, 6.45) is 5.33. The fraction of sp³-hybridized carbons (Fsp3) is 0.329. The molecule has 5 heterocycles. The van der Waals surface area contributed by atoms with Crippen LogP contribution in [0.15, 0.2) is 213 Å². The predicted molar refractivity (Wildman–Crippen MR) is 368 cm³/mol. The summed E-state index contributed by atoms with van der Waals surface area (Å²) in [5.41, 5.74) is 19.3. The Bertz CT molecular complexity index is 4360. The molecule has 2 unspecified atom stereocenters. The maximum Gasteiger partial charge on any atom is 0.212 e. The number of hydrogen-bond acceptors (Lipinski definition) is 0. The van der Waals surface area contributed by atoms with Gasteiger partial charge in [0.2, 0.25) is 28.5 Å². The monoisotopic (exact) mass is 1170 g/mol. The molecule has 5 heteroatoms. The van der Waals surface area contributed by atoms with E-state index in [-0.39, 0.29) is 5.92 Å². The first-order chi connectivity index (χ1) is 46.7. The number of rotatable bonds is 11. The van der Waals surface area contributed by atoms with Gasteiger partial charge in [-0.05, 0) is 164 Å². The minimum atomic E-state index is -2.37. The van der Waals surface area contributed by atoms with Gasteiger partial charge in [0.15, 0.2) is 31.0 Å². The van der Waals surface area contributed by atoms with E-state index in [4.69, 9.17) is 19.2 Å². The van der Waals surface area contributed by atoms with Crippen LogP contribution in [0, 0.1) is 46.0 Å². The van der Waals surface area contributed by atoms with Crippen LogP contribution in [0.5, 0.6) is 0 Å². The largest absolute Gasteiger partial charge is 0.212 e. The molecule has 0 saturated carbocycles. The second-order valence-corrected chi connectivity index (χ2v) is 23.8. The Morgan fingerprint density at radius 2 is 0.747 bits per heavy atom. The van der Waals surface area contributed by atoms with Crippen molar-refractivity contribution >= 4 is 0 Å². The van der Waals surface area contributed by atoms with Crippen molar-refractivity contribution in [3.63, 3.8) is 0 Å². The highest BCUT2D eigenvalue weighted by Gasteiger charge is 2.19. The van der Waals surface area contributed by atoms with Crippen LogP contribution in [0.3, 0.4) is 0 Å². The van der Waals surface area contributed by atoms with Crippen LogP contribution >= 0.6 is 0 Å². The molecule has 2 atom stereocenters. The molecule has 0 amide bonds. The van der Waals surface area contributed by atoms with Crippen LogP contribution in [-0.4, -0.2) is 0 Å². The minimum absolute atomic E-state index is 0.0556. The van der Waals surface area contributed by atoms with E-state index < -0.39 is 50.0 Å². The van der Waals surface area contributed by atoms with Crippen LogP contribution < -0.4 is 22.8 Å². The maximum atomic E-state index is 8.39. The molecule has 0 radical (unpaired) electrons. The molecule has 0 saturated heterocycles. The minimum Gasteiger partial charge on any atom is -0.201 e. The fourth-order valence-electron chi connectivity index (χ4n) is 10.1.